The van der Waals surface area contributed by atoms with Crippen molar-refractivity contribution in [1.29, 1.82) is 0 Å². The lowest BCUT2D eigenvalue weighted by Gasteiger charge is -2.08. The van der Waals surface area contributed by atoms with Gasteiger partial charge in [-0.15, -0.1) is 0 Å². The summed E-state index contributed by atoms with van der Waals surface area (Å²) in [5.41, 5.74) is 1.45. The van der Waals surface area contributed by atoms with Crippen LogP contribution in [0.3, 0.4) is 0 Å². The Labute approximate surface area is 116 Å². The van der Waals surface area contributed by atoms with Crippen LogP contribution in [-0.4, -0.2) is 17.6 Å². The highest BCUT2D eigenvalue weighted by Crippen LogP contribution is 2.15. The molecule has 0 bridgehead atoms. The molecule has 0 aliphatic heterocycles. The summed E-state index contributed by atoms with van der Waals surface area (Å²) in [6, 6.07) is 4.83. The number of amides is 1. The number of aromatic hydroxyl groups is 1. The van der Waals surface area contributed by atoms with Gasteiger partial charge >= 0.3 is 0 Å². The third-order valence-electron chi connectivity index (χ3n) is 3.27. The number of carbonyl (C=O) groups is 1. The predicted molar refractivity (Wildman–Crippen MR) is 78.6 cm³/mol. The van der Waals surface area contributed by atoms with E-state index in [1.165, 1.54) is 32.1 Å². The van der Waals surface area contributed by atoms with E-state index in [9.17, 15) is 9.90 Å². The highest BCUT2D eigenvalue weighted by molar-refractivity contribution is 5.95. The van der Waals surface area contributed by atoms with E-state index in [-0.39, 0.29) is 11.7 Å². The number of hydrogen-bond donors (Lipinski definition) is 2. The van der Waals surface area contributed by atoms with Crippen LogP contribution in [0, 0.1) is 6.92 Å². The van der Waals surface area contributed by atoms with Gasteiger partial charge in [-0.05, 0) is 37.1 Å². The lowest BCUT2D eigenvalue weighted by molar-refractivity contribution is 0.0952. The molecule has 0 atom stereocenters. The minimum atomic E-state index is -0.0499. The number of aryl methyl sites for hydroxylation is 1. The fraction of sp³-hybridized carbons (Fsp3) is 0.562. The first kappa shape index (κ1) is 15.5. The maximum absolute atomic E-state index is 11.9. The minimum absolute atomic E-state index is 0.0499. The molecule has 1 rings (SSSR count). The molecule has 106 valence electrons. The van der Waals surface area contributed by atoms with Crippen molar-refractivity contribution in [3.8, 4) is 5.75 Å². The van der Waals surface area contributed by atoms with Gasteiger partial charge in [0.2, 0.25) is 0 Å². The van der Waals surface area contributed by atoms with E-state index in [2.05, 4.69) is 12.2 Å². The summed E-state index contributed by atoms with van der Waals surface area (Å²) in [7, 11) is 0. The smallest absolute Gasteiger partial charge is 0.251 e. The molecule has 0 aliphatic rings. The van der Waals surface area contributed by atoms with Gasteiger partial charge in [-0.3, -0.25) is 4.79 Å². The van der Waals surface area contributed by atoms with Gasteiger partial charge in [-0.25, -0.2) is 0 Å². The number of nitrogens with one attached hydrogen (secondary N) is 1. The van der Waals surface area contributed by atoms with Crippen molar-refractivity contribution in [1.82, 2.24) is 5.32 Å². The van der Waals surface area contributed by atoms with Gasteiger partial charge in [0.1, 0.15) is 5.75 Å². The SMILES string of the molecule is CCCCCCCCNC(=O)c1ccc(O)cc1C. The van der Waals surface area contributed by atoms with Crippen molar-refractivity contribution in [2.75, 3.05) is 6.54 Å². The Kier molecular flexibility index (Phi) is 7.01. The van der Waals surface area contributed by atoms with Crippen LogP contribution in [0.15, 0.2) is 18.2 Å². The van der Waals surface area contributed by atoms with E-state index in [1.54, 1.807) is 18.2 Å². The Morgan fingerprint density at radius 1 is 1.16 bits per heavy atom. The monoisotopic (exact) mass is 263 g/mol. The van der Waals surface area contributed by atoms with E-state index >= 15 is 0 Å². The molecule has 0 saturated carbocycles. The molecule has 0 radical (unpaired) electrons. The summed E-state index contributed by atoms with van der Waals surface area (Å²) in [4.78, 5) is 11.9. The molecule has 1 aromatic carbocycles. The van der Waals surface area contributed by atoms with Gasteiger partial charge in [0, 0.05) is 12.1 Å². The molecule has 0 aromatic heterocycles. The highest BCUT2D eigenvalue weighted by atomic mass is 16.3. The third kappa shape index (κ3) is 5.77. The quantitative estimate of drug-likeness (QED) is 0.701. The van der Waals surface area contributed by atoms with Crippen LogP contribution in [0.1, 0.15) is 61.4 Å². The molecular formula is C16H25NO2. The standard InChI is InChI=1S/C16H25NO2/c1-3-4-5-6-7-8-11-17-16(19)15-10-9-14(18)12-13(15)2/h9-10,12,18H,3-8,11H2,1-2H3,(H,17,19). The molecular weight excluding hydrogens is 238 g/mol. The second-order valence-electron chi connectivity index (χ2n) is 5.02. The maximum Gasteiger partial charge on any atom is 0.251 e. The summed E-state index contributed by atoms with van der Waals surface area (Å²) < 4.78 is 0. The summed E-state index contributed by atoms with van der Waals surface area (Å²) in [6.45, 7) is 4.77. The van der Waals surface area contributed by atoms with E-state index in [4.69, 9.17) is 0 Å². The van der Waals surface area contributed by atoms with Crippen molar-refractivity contribution >= 4 is 5.91 Å². The molecule has 3 heteroatoms. The van der Waals surface area contributed by atoms with Crippen LogP contribution in [0.4, 0.5) is 0 Å². The number of hydrogen-bond acceptors (Lipinski definition) is 2. The molecule has 1 amide bonds. The number of rotatable bonds is 8. The molecule has 0 spiro atoms. The first-order valence-corrected chi connectivity index (χ1v) is 7.23. The normalized spacial score (nSPS) is 10.4. The topological polar surface area (TPSA) is 49.3 Å². The molecule has 0 fully saturated rings. The van der Waals surface area contributed by atoms with Crippen LogP contribution in [0.5, 0.6) is 5.75 Å². The molecule has 0 heterocycles. The summed E-state index contributed by atoms with van der Waals surface area (Å²) in [5, 5.41) is 12.2. The summed E-state index contributed by atoms with van der Waals surface area (Å²) >= 11 is 0. The molecule has 3 nitrogen and oxygen atoms in total. The Morgan fingerprint density at radius 2 is 1.84 bits per heavy atom. The van der Waals surface area contributed by atoms with Gasteiger partial charge in [0.15, 0.2) is 0 Å². The molecule has 0 unspecified atom stereocenters. The van der Waals surface area contributed by atoms with Crippen molar-refractivity contribution in [3.63, 3.8) is 0 Å². The van der Waals surface area contributed by atoms with Gasteiger partial charge < -0.3 is 10.4 Å². The first-order valence-electron chi connectivity index (χ1n) is 7.23. The molecule has 1 aromatic rings. The number of phenols is 1. The minimum Gasteiger partial charge on any atom is -0.508 e. The van der Waals surface area contributed by atoms with Gasteiger partial charge in [-0.2, -0.15) is 0 Å². The second kappa shape index (κ2) is 8.57. The van der Waals surface area contributed by atoms with Crippen molar-refractivity contribution in [2.45, 2.75) is 52.4 Å². The predicted octanol–water partition coefficient (Wildman–Crippen LogP) is 3.79. The van der Waals surface area contributed by atoms with Crippen molar-refractivity contribution in [2.24, 2.45) is 0 Å². The average Bonchev–Trinajstić information content (AvgIpc) is 2.37. The third-order valence-corrected chi connectivity index (χ3v) is 3.27. The molecule has 2 N–H and O–H groups in total. The average molecular weight is 263 g/mol. The van der Waals surface area contributed by atoms with Crippen LogP contribution in [0.2, 0.25) is 0 Å². The van der Waals surface area contributed by atoms with Gasteiger partial charge in [0.25, 0.3) is 5.91 Å². The van der Waals surface area contributed by atoms with E-state index < -0.39 is 0 Å². The Morgan fingerprint density at radius 3 is 2.53 bits per heavy atom. The van der Waals surface area contributed by atoms with Crippen LogP contribution in [-0.2, 0) is 0 Å². The number of unbranched alkanes of at least 4 members (excludes halogenated alkanes) is 5. The highest BCUT2D eigenvalue weighted by Gasteiger charge is 2.08. The Hall–Kier alpha value is -1.51. The maximum atomic E-state index is 11.9. The van der Waals surface area contributed by atoms with E-state index in [0.29, 0.717) is 5.56 Å². The second-order valence-corrected chi connectivity index (χ2v) is 5.02. The van der Waals surface area contributed by atoms with Crippen LogP contribution in [0.25, 0.3) is 0 Å². The lowest BCUT2D eigenvalue weighted by atomic mass is 10.1. The fourth-order valence-corrected chi connectivity index (χ4v) is 2.11. The zero-order valence-electron chi connectivity index (χ0n) is 12.0. The van der Waals surface area contributed by atoms with Crippen molar-refractivity contribution in [3.05, 3.63) is 29.3 Å². The zero-order valence-corrected chi connectivity index (χ0v) is 12.0. The number of carbonyl (C=O) groups excluding carboxylic acids is 1. The van der Waals surface area contributed by atoms with Crippen molar-refractivity contribution < 1.29 is 9.90 Å². The van der Waals surface area contributed by atoms with Crippen LogP contribution >= 0.6 is 0 Å². The zero-order chi connectivity index (χ0) is 14.1. The first-order chi connectivity index (χ1) is 9.15. The van der Waals surface area contributed by atoms with Gasteiger partial charge in [0.05, 0.1) is 0 Å². The fourth-order valence-electron chi connectivity index (χ4n) is 2.11. The Balaban J connectivity index is 2.24. The largest absolute Gasteiger partial charge is 0.508 e. The van der Waals surface area contributed by atoms with Crippen LogP contribution < -0.4 is 5.32 Å². The lowest BCUT2D eigenvalue weighted by Crippen LogP contribution is -2.25. The molecule has 0 saturated heterocycles. The Bertz CT molecular complexity index is 402. The molecule has 0 aliphatic carbocycles. The summed E-state index contributed by atoms with van der Waals surface area (Å²) in [5.74, 6) is 0.149. The number of phenolic OH excluding ortho intramolecular Hbond substituents is 1. The van der Waals surface area contributed by atoms with Gasteiger partial charge in [-0.1, -0.05) is 39.0 Å². The van der Waals surface area contributed by atoms with E-state index in [0.717, 1.165) is 18.5 Å². The molecule has 19 heavy (non-hydrogen) atoms. The number of benzene rings is 1. The summed E-state index contributed by atoms with van der Waals surface area (Å²) in [6.07, 6.45) is 7.32. The van der Waals surface area contributed by atoms with E-state index in [1.807, 2.05) is 6.92 Å².